The van der Waals surface area contributed by atoms with Crippen LogP contribution in [0.15, 0.2) is 97.5 Å². The first kappa shape index (κ1) is 34.2. The molecule has 0 saturated heterocycles. The van der Waals surface area contributed by atoms with E-state index in [2.05, 4.69) is 77.8 Å². The molecule has 5 nitrogen and oxygen atoms in total. The van der Waals surface area contributed by atoms with Crippen LogP contribution in [0.4, 0.5) is 4.39 Å². The normalized spacial score (nSPS) is 11.8. The van der Waals surface area contributed by atoms with Crippen molar-refractivity contribution in [3.63, 3.8) is 0 Å². The van der Waals surface area contributed by atoms with Gasteiger partial charge in [-0.25, -0.2) is 14.1 Å². The lowest BCUT2D eigenvalue weighted by Gasteiger charge is -2.23. The molecular weight excluding hydrogens is 632 g/mol. The van der Waals surface area contributed by atoms with Gasteiger partial charge in [0.15, 0.2) is 0 Å². The molecule has 0 amide bonds. The van der Waals surface area contributed by atoms with E-state index in [1.54, 1.807) is 0 Å². The molecule has 0 unspecified atom stereocenters. The highest BCUT2D eigenvalue weighted by Gasteiger charge is 2.21. The summed E-state index contributed by atoms with van der Waals surface area (Å²) in [5, 5.41) is 7.02. The van der Waals surface area contributed by atoms with E-state index in [-0.39, 0.29) is 5.82 Å². The van der Waals surface area contributed by atoms with Crippen molar-refractivity contribution in [2.24, 2.45) is 11.8 Å². The number of hydrogen-bond acceptors (Lipinski definition) is 3. The Bertz CT molecular complexity index is 2320. The molecule has 0 atom stereocenters. The Labute approximate surface area is 300 Å². The average molecular weight is 679 g/mol. The monoisotopic (exact) mass is 678 g/mol. The largest absolute Gasteiger partial charge is 0.457 e. The van der Waals surface area contributed by atoms with Crippen molar-refractivity contribution in [3.05, 3.63) is 131 Å². The van der Waals surface area contributed by atoms with Crippen molar-refractivity contribution >= 4 is 21.8 Å². The highest BCUT2D eigenvalue weighted by Crippen LogP contribution is 2.39. The zero-order valence-corrected chi connectivity index (χ0v) is 30.8. The molecular formula is C45H47FN4O. The van der Waals surface area contributed by atoms with Gasteiger partial charge in [0.25, 0.3) is 0 Å². The molecule has 0 aliphatic rings. The lowest BCUT2D eigenvalue weighted by molar-refractivity contribution is 0.483. The van der Waals surface area contributed by atoms with Crippen LogP contribution in [0.1, 0.15) is 68.4 Å². The average Bonchev–Trinajstić information content (AvgIpc) is 3.73. The first-order chi connectivity index (χ1) is 24.6. The minimum atomic E-state index is -0.330. The summed E-state index contributed by atoms with van der Waals surface area (Å²) in [6, 6.07) is 25.0. The zero-order valence-electron chi connectivity index (χ0n) is 30.8. The van der Waals surface area contributed by atoms with E-state index in [4.69, 9.17) is 9.84 Å². The van der Waals surface area contributed by atoms with Gasteiger partial charge in [-0.3, -0.25) is 4.57 Å². The summed E-state index contributed by atoms with van der Waals surface area (Å²) in [5.41, 5.74) is 12.5. The smallest absolute Gasteiger partial charge is 0.140 e. The molecule has 0 spiro atoms. The topological polar surface area (TPSA) is 44.9 Å². The summed E-state index contributed by atoms with van der Waals surface area (Å²) in [5.74, 6) is 2.83. The lowest BCUT2D eigenvalue weighted by Crippen LogP contribution is -2.08. The molecule has 4 aromatic carbocycles. The molecule has 3 aromatic heterocycles. The fourth-order valence-electron chi connectivity index (χ4n) is 7.33. The molecule has 7 aromatic rings. The van der Waals surface area contributed by atoms with Crippen molar-refractivity contribution in [1.29, 1.82) is 0 Å². The molecule has 0 radical (unpaired) electrons. The molecule has 7 rings (SSSR count). The van der Waals surface area contributed by atoms with E-state index >= 15 is 0 Å². The fraction of sp³-hybridized carbons (Fsp3) is 0.289. The Balaban J connectivity index is 1.25. The molecule has 0 fully saturated rings. The third-order valence-corrected chi connectivity index (χ3v) is 10.3. The number of fused-ring (bicyclic) bond motifs is 3. The van der Waals surface area contributed by atoms with E-state index in [0.717, 1.165) is 58.7 Å². The van der Waals surface area contributed by atoms with E-state index in [9.17, 15) is 4.39 Å². The maximum Gasteiger partial charge on any atom is 0.140 e. The number of aromatic nitrogens is 4. The number of benzene rings is 4. The van der Waals surface area contributed by atoms with E-state index in [0.29, 0.717) is 29.2 Å². The second-order valence-electron chi connectivity index (χ2n) is 14.7. The van der Waals surface area contributed by atoms with Gasteiger partial charge in [0.2, 0.25) is 0 Å². The molecule has 3 heterocycles. The number of ether oxygens (including phenoxy) is 1. The van der Waals surface area contributed by atoms with Gasteiger partial charge in [0, 0.05) is 46.9 Å². The summed E-state index contributed by atoms with van der Waals surface area (Å²) in [6.45, 7) is 16.1. The van der Waals surface area contributed by atoms with Crippen molar-refractivity contribution in [2.75, 3.05) is 0 Å². The SMILES string of the molecule is Cc1c(C)c(CCC(C)C)c(-c2cnn(-c3cccc(Oc4ccc5c6ccccc6n(-c6cc(F)ccn6)c5c4)c3)c2)c(CCC(C)C)c1C. The minimum absolute atomic E-state index is 0.330. The molecule has 0 aliphatic heterocycles. The maximum atomic E-state index is 14.3. The zero-order chi connectivity index (χ0) is 35.8. The first-order valence-electron chi connectivity index (χ1n) is 18.2. The van der Waals surface area contributed by atoms with Crippen LogP contribution in [0.2, 0.25) is 0 Å². The molecule has 0 bridgehead atoms. The van der Waals surface area contributed by atoms with E-state index < -0.39 is 0 Å². The number of pyridine rings is 1. The van der Waals surface area contributed by atoms with Gasteiger partial charge in [-0.2, -0.15) is 5.10 Å². The summed E-state index contributed by atoms with van der Waals surface area (Å²) in [6.07, 6.45) is 10.1. The van der Waals surface area contributed by atoms with E-state index in [1.165, 1.54) is 51.7 Å². The third kappa shape index (κ3) is 6.80. The van der Waals surface area contributed by atoms with Crippen LogP contribution in [-0.2, 0) is 12.8 Å². The van der Waals surface area contributed by atoms with Crippen LogP contribution in [0, 0.1) is 38.4 Å². The summed E-state index contributed by atoms with van der Waals surface area (Å²) in [7, 11) is 0. The second kappa shape index (κ2) is 14.2. The predicted octanol–water partition coefficient (Wildman–Crippen LogP) is 12.1. The Hall–Kier alpha value is -5.23. The Morgan fingerprint density at radius 1 is 0.706 bits per heavy atom. The van der Waals surface area contributed by atoms with Gasteiger partial charge in [-0.05, 0) is 128 Å². The van der Waals surface area contributed by atoms with Gasteiger partial charge in [-0.15, -0.1) is 0 Å². The van der Waals surface area contributed by atoms with Crippen molar-refractivity contribution in [1.82, 2.24) is 19.3 Å². The van der Waals surface area contributed by atoms with Crippen LogP contribution >= 0.6 is 0 Å². The lowest BCUT2D eigenvalue weighted by atomic mass is 9.81. The number of rotatable bonds is 11. The van der Waals surface area contributed by atoms with Crippen LogP contribution in [0.3, 0.4) is 0 Å². The predicted molar refractivity (Wildman–Crippen MR) is 208 cm³/mol. The maximum absolute atomic E-state index is 14.3. The fourth-order valence-corrected chi connectivity index (χ4v) is 7.33. The van der Waals surface area contributed by atoms with Crippen LogP contribution in [0.5, 0.6) is 11.5 Å². The number of hydrogen-bond donors (Lipinski definition) is 0. The quantitative estimate of drug-likeness (QED) is 0.137. The molecule has 0 aliphatic carbocycles. The summed E-state index contributed by atoms with van der Waals surface area (Å²) in [4.78, 5) is 4.50. The number of nitrogens with zero attached hydrogens (tertiary/aromatic N) is 4. The van der Waals surface area contributed by atoms with Crippen LogP contribution in [0.25, 0.3) is 44.4 Å². The third-order valence-electron chi connectivity index (χ3n) is 10.3. The molecule has 260 valence electrons. The Kier molecular flexibility index (Phi) is 9.52. The Morgan fingerprint density at radius 2 is 1.39 bits per heavy atom. The molecule has 0 N–H and O–H groups in total. The first-order valence-corrected chi connectivity index (χ1v) is 18.2. The van der Waals surface area contributed by atoms with Gasteiger partial charge in [0.1, 0.15) is 23.1 Å². The van der Waals surface area contributed by atoms with Crippen molar-refractivity contribution in [2.45, 2.75) is 74.1 Å². The molecule has 0 saturated carbocycles. The van der Waals surface area contributed by atoms with Crippen molar-refractivity contribution in [3.8, 4) is 34.1 Å². The van der Waals surface area contributed by atoms with Gasteiger partial charge in [0.05, 0.1) is 22.9 Å². The number of halogens is 1. The van der Waals surface area contributed by atoms with Gasteiger partial charge in [-0.1, -0.05) is 52.0 Å². The van der Waals surface area contributed by atoms with Crippen molar-refractivity contribution < 1.29 is 9.13 Å². The Morgan fingerprint density at radius 3 is 2.10 bits per heavy atom. The van der Waals surface area contributed by atoms with E-state index in [1.807, 2.05) is 64.0 Å². The minimum Gasteiger partial charge on any atom is -0.457 e. The van der Waals surface area contributed by atoms with Crippen LogP contribution < -0.4 is 4.74 Å². The van der Waals surface area contributed by atoms with Gasteiger partial charge >= 0.3 is 0 Å². The second-order valence-corrected chi connectivity index (χ2v) is 14.7. The highest BCUT2D eigenvalue weighted by atomic mass is 19.1. The summed E-state index contributed by atoms with van der Waals surface area (Å²) < 4.78 is 24.8. The highest BCUT2D eigenvalue weighted by molar-refractivity contribution is 6.09. The van der Waals surface area contributed by atoms with Crippen LogP contribution in [-0.4, -0.2) is 19.3 Å². The molecule has 51 heavy (non-hydrogen) atoms. The standard InChI is InChI=1S/C45H47FN4O/c1-28(2)15-18-38-31(6)30(5)32(7)39(19-16-29(3)4)45(38)33-26-48-49(27-33)35-11-10-12-36(24-35)51-37-17-20-41-40-13-8-9-14-42(40)50(43(41)25-37)44-23-34(46)21-22-47-44/h8-14,17,20-29H,15-16,18-19H2,1-7H3. The number of para-hydroxylation sites is 1. The summed E-state index contributed by atoms with van der Waals surface area (Å²) >= 11 is 0. The molecule has 6 heteroatoms. The van der Waals surface area contributed by atoms with Gasteiger partial charge < -0.3 is 4.74 Å².